The summed E-state index contributed by atoms with van der Waals surface area (Å²) in [5.74, 6) is 1.07. The van der Waals surface area contributed by atoms with Crippen LogP contribution in [0.1, 0.15) is 44.9 Å². The molecule has 1 rings (SSSR count). The molecule has 0 bridgehead atoms. The van der Waals surface area contributed by atoms with Crippen molar-refractivity contribution in [1.82, 2.24) is 4.90 Å². The van der Waals surface area contributed by atoms with Gasteiger partial charge in [-0.1, -0.05) is 32.1 Å². The Labute approximate surface area is 77.1 Å². The van der Waals surface area contributed by atoms with Crippen LogP contribution in [0.15, 0.2) is 0 Å². The Morgan fingerprint density at radius 1 is 1.08 bits per heavy atom. The van der Waals surface area contributed by atoms with Gasteiger partial charge in [-0.15, -0.1) is 0 Å². The summed E-state index contributed by atoms with van der Waals surface area (Å²) < 4.78 is 0. The van der Waals surface area contributed by atoms with Gasteiger partial charge < -0.3 is 0 Å². The van der Waals surface area contributed by atoms with E-state index < -0.39 is 0 Å². The number of rotatable bonds is 4. The highest BCUT2D eigenvalue weighted by atomic mass is 15.0. The van der Waals surface area contributed by atoms with Crippen LogP contribution in [0.4, 0.5) is 0 Å². The summed E-state index contributed by atoms with van der Waals surface area (Å²) in [6.07, 6.45) is 10.4. The fourth-order valence-electron chi connectivity index (χ4n) is 2.17. The van der Waals surface area contributed by atoms with Crippen molar-refractivity contribution in [3.63, 3.8) is 0 Å². The van der Waals surface area contributed by atoms with Crippen molar-refractivity contribution in [2.45, 2.75) is 44.9 Å². The third kappa shape index (κ3) is 4.10. The zero-order chi connectivity index (χ0) is 8.81. The fourth-order valence-corrected chi connectivity index (χ4v) is 2.17. The first-order valence-electron chi connectivity index (χ1n) is 5.44. The van der Waals surface area contributed by atoms with Gasteiger partial charge in [0.2, 0.25) is 0 Å². The molecule has 12 heavy (non-hydrogen) atoms. The minimum Gasteiger partial charge on any atom is -0.175 e. The molecule has 0 amide bonds. The maximum atomic E-state index is 2.29. The molecule has 1 radical (unpaired) electrons. The van der Waals surface area contributed by atoms with E-state index in [0.717, 1.165) is 5.92 Å². The van der Waals surface area contributed by atoms with Crippen LogP contribution in [0.2, 0.25) is 0 Å². The molecule has 0 atom stereocenters. The summed E-state index contributed by atoms with van der Waals surface area (Å²) in [6.45, 7) is 1.27. The molecule has 0 spiro atoms. The van der Waals surface area contributed by atoms with Gasteiger partial charge >= 0.3 is 0 Å². The molecule has 0 aromatic heterocycles. The second-order valence-electron chi connectivity index (χ2n) is 4.45. The molecule has 1 nitrogen and oxygen atoms in total. The highest BCUT2D eigenvalue weighted by molar-refractivity contribution is 4.66. The summed E-state index contributed by atoms with van der Waals surface area (Å²) in [5, 5.41) is 0. The van der Waals surface area contributed by atoms with Gasteiger partial charge in [-0.25, -0.2) is 0 Å². The molecule has 0 N–H and O–H groups in total. The van der Waals surface area contributed by atoms with E-state index in [2.05, 4.69) is 19.0 Å². The van der Waals surface area contributed by atoms with Crippen LogP contribution in [0.25, 0.3) is 0 Å². The van der Waals surface area contributed by atoms with Gasteiger partial charge in [0.25, 0.3) is 0 Å². The quantitative estimate of drug-likeness (QED) is 0.571. The maximum Gasteiger partial charge on any atom is 0.122 e. The summed E-state index contributed by atoms with van der Waals surface area (Å²) >= 11 is 0. The first-order valence-corrected chi connectivity index (χ1v) is 5.44. The Bertz CT molecular complexity index is 104. The lowest BCUT2D eigenvalue weighted by Gasteiger charge is -2.20. The molecule has 71 valence electrons. The molecule has 0 aromatic rings. The maximum absolute atomic E-state index is 2.29. The summed E-state index contributed by atoms with van der Waals surface area (Å²) in [6, 6.07) is 0. The zero-order valence-corrected chi connectivity index (χ0v) is 8.68. The van der Waals surface area contributed by atoms with Crippen molar-refractivity contribution < 1.29 is 0 Å². The SMILES string of the molecule is C[N+](C)CCCC1CCCCC1. The fraction of sp³-hybridized carbons (Fsp3) is 1.00. The molecular weight excluding hydrogens is 146 g/mol. The van der Waals surface area contributed by atoms with Gasteiger partial charge in [-0.3, -0.25) is 0 Å². The Hall–Kier alpha value is -0.0400. The van der Waals surface area contributed by atoms with Crippen LogP contribution in [-0.2, 0) is 0 Å². The van der Waals surface area contributed by atoms with Crippen LogP contribution in [-0.4, -0.2) is 20.6 Å². The highest BCUT2D eigenvalue weighted by Crippen LogP contribution is 2.26. The average molecular weight is 169 g/mol. The molecule has 1 aliphatic rings. The highest BCUT2D eigenvalue weighted by Gasteiger charge is 2.13. The van der Waals surface area contributed by atoms with Crippen molar-refractivity contribution in [3.8, 4) is 0 Å². The van der Waals surface area contributed by atoms with E-state index in [4.69, 9.17) is 0 Å². The first kappa shape index (κ1) is 10.0. The predicted octanol–water partition coefficient (Wildman–Crippen LogP) is 2.75. The van der Waals surface area contributed by atoms with Crippen molar-refractivity contribution in [2.75, 3.05) is 20.6 Å². The van der Waals surface area contributed by atoms with E-state index in [1.54, 1.807) is 0 Å². The smallest absolute Gasteiger partial charge is 0.122 e. The van der Waals surface area contributed by atoms with E-state index in [1.807, 2.05) is 0 Å². The zero-order valence-electron chi connectivity index (χ0n) is 8.68. The summed E-state index contributed by atoms with van der Waals surface area (Å²) in [7, 11) is 4.34. The Morgan fingerprint density at radius 3 is 2.33 bits per heavy atom. The predicted molar refractivity (Wildman–Crippen MR) is 54.7 cm³/mol. The first-order chi connectivity index (χ1) is 5.79. The van der Waals surface area contributed by atoms with Crippen LogP contribution in [0, 0.1) is 5.92 Å². The Balaban J connectivity index is 1.98. The van der Waals surface area contributed by atoms with Crippen molar-refractivity contribution in [2.24, 2.45) is 5.92 Å². The topological polar surface area (TPSA) is 5.90 Å². The van der Waals surface area contributed by atoms with Gasteiger partial charge in [0, 0.05) is 6.42 Å². The molecule has 0 aromatic carbocycles. The third-order valence-corrected chi connectivity index (χ3v) is 2.94. The minimum atomic E-state index is 1.07. The Kier molecular flexibility index (Phi) is 4.67. The molecule has 0 unspecified atom stereocenters. The lowest BCUT2D eigenvalue weighted by Crippen LogP contribution is -2.20. The molecule has 1 saturated carbocycles. The average Bonchev–Trinajstić information content (AvgIpc) is 2.05. The molecular formula is C11H23N+. The monoisotopic (exact) mass is 169 g/mol. The van der Waals surface area contributed by atoms with Crippen molar-refractivity contribution in [1.29, 1.82) is 0 Å². The minimum absolute atomic E-state index is 1.07. The van der Waals surface area contributed by atoms with E-state index in [9.17, 15) is 0 Å². The second-order valence-corrected chi connectivity index (χ2v) is 4.45. The van der Waals surface area contributed by atoms with E-state index in [1.165, 1.54) is 51.5 Å². The standard InChI is InChI=1S/C11H23N/c1-12(2)10-6-9-11-7-4-3-5-8-11/h11H,3-10H2,1-2H3/q+1. The number of hydrogen-bond donors (Lipinski definition) is 0. The van der Waals surface area contributed by atoms with Gasteiger partial charge in [-0.05, 0) is 12.3 Å². The molecule has 1 heteroatoms. The van der Waals surface area contributed by atoms with Gasteiger partial charge in [0.15, 0.2) is 0 Å². The second kappa shape index (κ2) is 5.58. The van der Waals surface area contributed by atoms with Gasteiger partial charge in [0.05, 0.1) is 0 Å². The molecule has 1 fully saturated rings. The van der Waals surface area contributed by atoms with Crippen LogP contribution >= 0.6 is 0 Å². The molecule has 1 aliphatic carbocycles. The lowest BCUT2D eigenvalue weighted by atomic mass is 9.86. The van der Waals surface area contributed by atoms with Crippen molar-refractivity contribution in [3.05, 3.63) is 0 Å². The summed E-state index contributed by atoms with van der Waals surface area (Å²) in [4.78, 5) is 2.29. The van der Waals surface area contributed by atoms with E-state index in [-0.39, 0.29) is 0 Å². The van der Waals surface area contributed by atoms with E-state index in [0.29, 0.717) is 0 Å². The van der Waals surface area contributed by atoms with E-state index >= 15 is 0 Å². The van der Waals surface area contributed by atoms with Crippen LogP contribution in [0.3, 0.4) is 0 Å². The van der Waals surface area contributed by atoms with Gasteiger partial charge in [0.1, 0.15) is 20.6 Å². The molecule has 0 heterocycles. The summed E-state index contributed by atoms with van der Waals surface area (Å²) in [5.41, 5.74) is 0. The van der Waals surface area contributed by atoms with Crippen LogP contribution in [0.5, 0.6) is 0 Å². The molecule has 0 saturated heterocycles. The largest absolute Gasteiger partial charge is 0.175 e. The number of hydrogen-bond acceptors (Lipinski definition) is 1. The lowest BCUT2D eigenvalue weighted by molar-refractivity contribution is 0.325. The molecule has 0 aliphatic heterocycles. The van der Waals surface area contributed by atoms with Crippen molar-refractivity contribution >= 4 is 0 Å². The number of nitrogens with zero attached hydrogens (tertiary/aromatic N) is 1. The van der Waals surface area contributed by atoms with Gasteiger partial charge in [-0.2, -0.15) is 4.90 Å². The third-order valence-electron chi connectivity index (χ3n) is 2.94. The normalized spacial score (nSPS) is 20.2. The Morgan fingerprint density at radius 2 is 1.75 bits per heavy atom. The van der Waals surface area contributed by atoms with Crippen LogP contribution < -0.4 is 4.90 Å².